The number of thiazole rings is 1. The van der Waals surface area contributed by atoms with Crippen LogP contribution in [0.15, 0.2) is 73.1 Å². The van der Waals surface area contributed by atoms with Gasteiger partial charge in [0.2, 0.25) is 0 Å². The summed E-state index contributed by atoms with van der Waals surface area (Å²) in [5.41, 5.74) is 7.14. The van der Waals surface area contributed by atoms with Gasteiger partial charge in [0.1, 0.15) is 5.01 Å². The number of halogens is 1. The van der Waals surface area contributed by atoms with E-state index in [1.54, 1.807) is 0 Å². The lowest BCUT2D eigenvalue weighted by Crippen LogP contribution is -2.28. The number of aryl methyl sites for hydroxylation is 1. The Kier molecular flexibility index (Phi) is 7.03. The number of pyridine rings is 1. The van der Waals surface area contributed by atoms with E-state index in [9.17, 15) is 9.90 Å². The van der Waals surface area contributed by atoms with Gasteiger partial charge in [0.25, 0.3) is 0 Å². The van der Waals surface area contributed by atoms with Crippen LogP contribution in [-0.2, 0) is 9.53 Å². The van der Waals surface area contributed by atoms with E-state index in [-0.39, 0.29) is 0 Å². The molecule has 0 unspecified atom stereocenters. The van der Waals surface area contributed by atoms with Gasteiger partial charge in [-0.1, -0.05) is 29.8 Å². The molecule has 3 heterocycles. The van der Waals surface area contributed by atoms with Crippen LogP contribution in [0.4, 0.5) is 0 Å². The minimum Gasteiger partial charge on any atom is -0.479 e. The van der Waals surface area contributed by atoms with Gasteiger partial charge in [-0.05, 0) is 94.1 Å². The molecule has 0 radical (unpaired) electrons. The zero-order valence-corrected chi connectivity index (χ0v) is 26.4. The lowest BCUT2D eigenvalue weighted by molar-refractivity contribution is -0.160. The van der Waals surface area contributed by atoms with E-state index < -0.39 is 17.7 Å². The molecule has 3 aromatic heterocycles. The van der Waals surface area contributed by atoms with Gasteiger partial charge < -0.3 is 9.84 Å². The molecule has 0 aliphatic heterocycles. The summed E-state index contributed by atoms with van der Waals surface area (Å²) in [5.74, 6) is -1.04. The standard InChI is InChI=1S/C35H31ClN4O3S/c1-19-15-27-32(30(20-5-8-24(36)9-6-20)29(19)31(34(41)42)43-35(2,3)4)44-33(39-27)22-13-14-37-26(17-22)21-7-12-28-23(16-21)18-38-40(28)25-10-11-25/h5-9,12-18,25,31H,10-11H2,1-4H3,(H,41,42)/t31-/m0/s1. The molecule has 222 valence electrons. The lowest BCUT2D eigenvalue weighted by Gasteiger charge is -2.28. The van der Waals surface area contributed by atoms with Gasteiger partial charge in [-0.3, -0.25) is 9.67 Å². The average Bonchev–Trinajstić information content (AvgIpc) is 3.60. The van der Waals surface area contributed by atoms with Gasteiger partial charge in [-0.15, -0.1) is 11.3 Å². The van der Waals surface area contributed by atoms with Gasteiger partial charge in [-0.2, -0.15) is 5.10 Å². The second-order valence-corrected chi connectivity index (χ2v) is 13.8. The summed E-state index contributed by atoms with van der Waals surface area (Å²) >= 11 is 7.78. The number of aromatic nitrogens is 4. The maximum Gasteiger partial charge on any atom is 0.337 e. The van der Waals surface area contributed by atoms with Crippen molar-refractivity contribution < 1.29 is 14.6 Å². The summed E-state index contributed by atoms with van der Waals surface area (Å²) in [4.78, 5) is 22.4. The van der Waals surface area contributed by atoms with Crippen molar-refractivity contribution >= 4 is 50.0 Å². The van der Waals surface area contributed by atoms with Gasteiger partial charge in [-0.25, -0.2) is 9.78 Å². The number of benzene rings is 3. The van der Waals surface area contributed by atoms with Crippen LogP contribution < -0.4 is 0 Å². The maximum absolute atomic E-state index is 12.7. The Morgan fingerprint density at radius 2 is 1.80 bits per heavy atom. The highest BCUT2D eigenvalue weighted by Gasteiger charge is 2.32. The van der Waals surface area contributed by atoms with Crippen LogP contribution in [0, 0.1) is 6.92 Å². The van der Waals surface area contributed by atoms with Crippen molar-refractivity contribution in [3.63, 3.8) is 0 Å². The monoisotopic (exact) mass is 622 g/mol. The Morgan fingerprint density at radius 3 is 2.50 bits per heavy atom. The summed E-state index contributed by atoms with van der Waals surface area (Å²) in [6.07, 6.45) is 4.95. The summed E-state index contributed by atoms with van der Waals surface area (Å²) in [6.45, 7) is 7.51. The first-order chi connectivity index (χ1) is 21.1. The highest BCUT2D eigenvalue weighted by atomic mass is 35.5. The Hall–Kier alpha value is -4.11. The smallest absolute Gasteiger partial charge is 0.337 e. The molecular weight excluding hydrogens is 592 g/mol. The topological polar surface area (TPSA) is 90.1 Å². The molecule has 1 N–H and O–H groups in total. The number of carbonyl (C=O) groups is 1. The molecule has 6 aromatic rings. The number of hydrogen-bond donors (Lipinski definition) is 1. The highest BCUT2D eigenvalue weighted by Crippen LogP contribution is 2.45. The fraction of sp³-hybridized carbons (Fsp3) is 0.257. The Bertz CT molecular complexity index is 2060. The first-order valence-corrected chi connectivity index (χ1v) is 15.8. The molecule has 1 aliphatic carbocycles. The van der Waals surface area contributed by atoms with E-state index in [0.717, 1.165) is 59.6 Å². The van der Waals surface area contributed by atoms with Crippen LogP contribution in [0.3, 0.4) is 0 Å². The fourth-order valence-corrected chi connectivity index (χ4v) is 6.95. The molecule has 0 spiro atoms. The van der Waals surface area contributed by atoms with Crippen molar-refractivity contribution in [3.8, 4) is 33.0 Å². The molecule has 1 aliphatic rings. The van der Waals surface area contributed by atoms with Gasteiger partial charge >= 0.3 is 5.97 Å². The number of carboxylic acids is 1. The molecule has 7 rings (SSSR count). The number of hydrogen-bond acceptors (Lipinski definition) is 6. The Labute approximate surface area is 264 Å². The quantitative estimate of drug-likeness (QED) is 0.191. The third kappa shape index (κ3) is 5.38. The van der Waals surface area contributed by atoms with Crippen LogP contribution in [0.2, 0.25) is 5.02 Å². The number of nitrogens with zero attached hydrogens (tertiary/aromatic N) is 4. The van der Waals surface area contributed by atoms with Gasteiger partial charge in [0, 0.05) is 38.9 Å². The van der Waals surface area contributed by atoms with Crippen molar-refractivity contribution in [1.29, 1.82) is 0 Å². The van der Waals surface area contributed by atoms with E-state index in [0.29, 0.717) is 16.6 Å². The highest BCUT2D eigenvalue weighted by molar-refractivity contribution is 7.22. The van der Waals surface area contributed by atoms with E-state index in [1.165, 1.54) is 24.2 Å². The summed E-state index contributed by atoms with van der Waals surface area (Å²) < 4.78 is 9.16. The first kappa shape index (κ1) is 28.6. The molecule has 1 fully saturated rings. The Morgan fingerprint density at radius 1 is 1.05 bits per heavy atom. The SMILES string of the molecule is Cc1cc2nc(-c3ccnc(-c4ccc5c(cnn5C5CC5)c4)c3)sc2c(-c2ccc(Cl)cc2)c1[C@H](OC(C)(C)C)C(=O)O. The molecule has 1 atom stereocenters. The van der Waals surface area contributed by atoms with Crippen molar-refractivity contribution in [2.45, 2.75) is 58.3 Å². The molecule has 9 heteroatoms. The minimum absolute atomic E-state index is 0.520. The minimum atomic E-state index is -1.16. The molecule has 0 amide bonds. The summed E-state index contributed by atoms with van der Waals surface area (Å²) in [5, 5.41) is 17.5. The van der Waals surface area contributed by atoms with Crippen molar-refractivity contribution in [1.82, 2.24) is 19.7 Å². The number of carboxylic acid groups (broad SMARTS) is 1. The molecule has 0 bridgehead atoms. The van der Waals surface area contributed by atoms with Gasteiger partial charge in [0.15, 0.2) is 6.10 Å². The average molecular weight is 623 g/mol. The van der Waals surface area contributed by atoms with Crippen molar-refractivity contribution in [2.24, 2.45) is 0 Å². The van der Waals surface area contributed by atoms with Gasteiger partial charge in [0.05, 0.1) is 39.3 Å². The van der Waals surface area contributed by atoms with Crippen molar-refractivity contribution in [2.75, 3.05) is 0 Å². The number of aliphatic carboxylic acids is 1. The predicted octanol–water partition coefficient (Wildman–Crippen LogP) is 9.28. The molecule has 1 saturated carbocycles. The summed E-state index contributed by atoms with van der Waals surface area (Å²) in [6, 6.07) is 20.3. The van der Waals surface area contributed by atoms with Crippen LogP contribution in [0.25, 0.3) is 54.1 Å². The zero-order chi connectivity index (χ0) is 30.7. The molecule has 3 aromatic carbocycles. The van der Waals surface area contributed by atoms with Crippen LogP contribution in [0.5, 0.6) is 0 Å². The molecule has 44 heavy (non-hydrogen) atoms. The number of fused-ring (bicyclic) bond motifs is 2. The molecule has 7 nitrogen and oxygen atoms in total. The molecular formula is C35H31ClN4O3S. The predicted molar refractivity (Wildman–Crippen MR) is 176 cm³/mol. The van der Waals surface area contributed by atoms with E-state index in [4.69, 9.17) is 21.3 Å². The normalized spacial score (nSPS) is 14.4. The first-order valence-electron chi connectivity index (χ1n) is 14.6. The number of ether oxygens (including phenoxy) is 1. The second kappa shape index (κ2) is 10.8. The fourth-order valence-electron chi connectivity index (χ4n) is 5.71. The zero-order valence-electron chi connectivity index (χ0n) is 24.8. The van der Waals surface area contributed by atoms with E-state index in [2.05, 4.69) is 39.0 Å². The lowest BCUT2D eigenvalue weighted by atomic mass is 9.91. The van der Waals surface area contributed by atoms with Crippen LogP contribution in [-0.4, -0.2) is 36.4 Å². The third-order valence-corrected chi connectivity index (χ3v) is 9.20. The second-order valence-electron chi connectivity index (χ2n) is 12.3. The van der Waals surface area contributed by atoms with E-state index in [1.807, 2.05) is 76.5 Å². The largest absolute Gasteiger partial charge is 0.479 e. The van der Waals surface area contributed by atoms with Crippen LogP contribution >= 0.6 is 22.9 Å². The molecule has 0 saturated heterocycles. The van der Waals surface area contributed by atoms with Crippen molar-refractivity contribution in [3.05, 3.63) is 89.2 Å². The summed E-state index contributed by atoms with van der Waals surface area (Å²) in [7, 11) is 0. The van der Waals surface area contributed by atoms with E-state index >= 15 is 0 Å². The Balaban J connectivity index is 1.36. The van der Waals surface area contributed by atoms with Crippen LogP contribution in [0.1, 0.15) is 56.9 Å². The third-order valence-electron chi connectivity index (χ3n) is 7.81. The number of rotatable bonds is 7. The maximum atomic E-state index is 12.7.